The topological polar surface area (TPSA) is 39.2 Å². The van der Waals surface area contributed by atoms with E-state index < -0.39 is 5.97 Å². The average Bonchev–Trinajstić information content (AvgIpc) is 2.58. The van der Waals surface area contributed by atoms with Gasteiger partial charge in [0.15, 0.2) is 0 Å². The Kier molecular flexibility index (Phi) is 10.3. The van der Waals surface area contributed by atoms with Crippen molar-refractivity contribution in [3.05, 3.63) is 65.2 Å². The molecule has 22 heavy (non-hydrogen) atoms. The highest BCUT2D eigenvalue weighted by atomic mass is 19.1. The van der Waals surface area contributed by atoms with Gasteiger partial charge in [0.25, 0.3) is 0 Å². The van der Waals surface area contributed by atoms with Gasteiger partial charge in [-0.2, -0.15) is 0 Å². The number of rotatable bonds is 3. The van der Waals surface area contributed by atoms with Gasteiger partial charge < -0.3 is 4.74 Å². The van der Waals surface area contributed by atoms with Crippen LogP contribution in [0, 0.1) is 5.82 Å². The number of carbonyl (C=O) groups excluding carboxylic acids is 1. The first kappa shape index (κ1) is 19.8. The van der Waals surface area contributed by atoms with Gasteiger partial charge in [-0.25, -0.2) is 9.18 Å². The van der Waals surface area contributed by atoms with E-state index in [1.807, 2.05) is 33.8 Å². The Morgan fingerprint density at radius 1 is 1.18 bits per heavy atom. The zero-order chi connectivity index (χ0) is 17.0. The van der Waals surface area contributed by atoms with E-state index in [1.54, 1.807) is 18.3 Å². The minimum Gasteiger partial charge on any atom is -0.465 e. The van der Waals surface area contributed by atoms with Crippen molar-refractivity contribution in [3.8, 4) is 0 Å². The van der Waals surface area contributed by atoms with Crippen molar-refractivity contribution in [2.75, 3.05) is 7.11 Å². The van der Waals surface area contributed by atoms with Crippen LogP contribution < -0.4 is 0 Å². The summed E-state index contributed by atoms with van der Waals surface area (Å²) in [6, 6.07) is 8.02. The minimum atomic E-state index is -0.436. The normalized spacial score (nSPS) is 8.82. The third-order valence-corrected chi connectivity index (χ3v) is 2.60. The monoisotopic (exact) mass is 305 g/mol. The number of ether oxygens (including phenoxy) is 1. The molecule has 0 bridgehead atoms. The van der Waals surface area contributed by atoms with Crippen LogP contribution in [-0.4, -0.2) is 18.1 Å². The summed E-state index contributed by atoms with van der Waals surface area (Å²) < 4.78 is 17.8. The Bertz CT molecular complexity index is 571. The van der Waals surface area contributed by atoms with Gasteiger partial charge in [0.05, 0.1) is 12.7 Å². The Balaban J connectivity index is 0.00000102. The first-order valence-electron chi connectivity index (χ1n) is 7.46. The van der Waals surface area contributed by atoms with Crippen molar-refractivity contribution in [2.45, 2.75) is 34.1 Å². The third kappa shape index (κ3) is 6.04. The van der Waals surface area contributed by atoms with Crippen molar-refractivity contribution in [1.82, 2.24) is 4.98 Å². The number of hydrogen-bond donors (Lipinski definition) is 0. The second-order valence-electron chi connectivity index (χ2n) is 3.83. The van der Waals surface area contributed by atoms with E-state index in [9.17, 15) is 9.18 Å². The lowest BCUT2D eigenvalue weighted by molar-refractivity contribution is 0.0599. The fraction of sp³-hybridized carbons (Fsp3) is 0.333. The summed E-state index contributed by atoms with van der Waals surface area (Å²) in [5.74, 6) is -0.726. The Morgan fingerprint density at radius 2 is 1.86 bits per heavy atom. The Hall–Kier alpha value is -2.23. The molecule has 0 fully saturated rings. The van der Waals surface area contributed by atoms with Crippen LogP contribution in [0.15, 0.2) is 42.7 Å². The Morgan fingerprint density at radius 3 is 2.45 bits per heavy atom. The molecule has 0 N–H and O–H groups in total. The van der Waals surface area contributed by atoms with E-state index in [1.165, 1.54) is 25.4 Å². The molecule has 0 amide bonds. The summed E-state index contributed by atoms with van der Waals surface area (Å²) in [7, 11) is 1.32. The number of benzene rings is 1. The van der Waals surface area contributed by atoms with Crippen LogP contribution in [-0.2, 0) is 11.2 Å². The van der Waals surface area contributed by atoms with Crippen molar-refractivity contribution in [1.29, 1.82) is 0 Å². The van der Waals surface area contributed by atoms with E-state index in [0.717, 1.165) is 11.1 Å². The lowest BCUT2D eigenvalue weighted by atomic mass is 10.0. The predicted molar refractivity (Wildman–Crippen MR) is 87.5 cm³/mol. The highest BCUT2D eigenvalue weighted by molar-refractivity contribution is 5.90. The molecule has 120 valence electrons. The highest BCUT2D eigenvalue weighted by Gasteiger charge is 2.12. The summed E-state index contributed by atoms with van der Waals surface area (Å²) in [6.45, 7) is 8.00. The van der Waals surface area contributed by atoms with Crippen LogP contribution in [0.1, 0.15) is 49.2 Å². The molecule has 3 nitrogen and oxygen atoms in total. The smallest absolute Gasteiger partial charge is 0.339 e. The standard InChI is InChI=1S/C14H12FNO2.2C2H6/c1-18-14(17)13-9-16-6-5-11(13)7-10-3-2-4-12(15)8-10;2*1-2/h2-6,8-9H,7H2,1H3;2*1-2H3. The first-order valence-corrected chi connectivity index (χ1v) is 7.46. The number of methoxy groups -OCH3 is 1. The number of halogens is 1. The summed E-state index contributed by atoms with van der Waals surface area (Å²) in [4.78, 5) is 15.5. The molecule has 0 aliphatic rings. The van der Waals surface area contributed by atoms with Crippen LogP contribution in [0.4, 0.5) is 4.39 Å². The first-order chi connectivity index (χ1) is 10.7. The van der Waals surface area contributed by atoms with Gasteiger partial charge in [-0.15, -0.1) is 0 Å². The average molecular weight is 305 g/mol. The molecule has 0 radical (unpaired) electrons. The molecule has 1 aromatic heterocycles. The molecule has 0 unspecified atom stereocenters. The van der Waals surface area contributed by atoms with Crippen molar-refractivity contribution >= 4 is 5.97 Å². The minimum absolute atomic E-state index is 0.291. The van der Waals surface area contributed by atoms with E-state index >= 15 is 0 Å². The second kappa shape index (κ2) is 11.4. The van der Waals surface area contributed by atoms with Crippen molar-refractivity contribution < 1.29 is 13.9 Å². The molecule has 0 aliphatic heterocycles. The number of esters is 1. The molecule has 4 heteroatoms. The van der Waals surface area contributed by atoms with Crippen LogP contribution in [0.2, 0.25) is 0 Å². The summed E-state index contributed by atoms with van der Waals surface area (Å²) >= 11 is 0. The maximum atomic E-state index is 13.1. The van der Waals surface area contributed by atoms with E-state index in [4.69, 9.17) is 0 Å². The molecule has 0 saturated heterocycles. The van der Waals surface area contributed by atoms with E-state index in [0.29, 0.717) is 12.0 Å². The summed E-state index contributed by atoms with van der Waals surface area (Å²) in [5.41, 5.74) is 1.97. The van der Waals surface area contributed by atoms with E-state index in [2.05, 4.69) is 9.72 Å². The second-order valence-corrected chi connectivity index (χ2v) is 3.83. The fourth-order valence-electron chi connectivity index (χ4n) is 1.74. The zero-order valence-corrected chi connectivity index (χ0v) is 13.9. The van der Waals surface area contributed by atoms with Crippen molar-refractivity contribution in [3.63, 3.8) is 0 Å². The van der Waals surface area contributed by atoms with Gasteiger partial charge in [-0.1, -0.05) is 39.8 Å². The lowest BCUT2D eigenvalue weighted by Gasteiger charge is -2.07. The number of hydrogen-bond acceptors (Lipinski definition) is 3. The van der Waals surface area contributed by atoms with E-state index in [-0.39, 0.29) is 5.82 Å². The molecule has 1 aromatic carbocycles. The van der Waals surface area contributed by atoms with Gasteiger partial charge in [0.2, 0.25) is 0 Å². The third-order valence-electron chi connectivity index (χ3n) is 2.60. The number of aromatic nitrogens is 1. The molecule has 0 aliphatic carbocycles. The van der Waals surface area contributed by atoms with Crippen LogP contribution >= 0.6 is 0 Å². The van der Waals surface area contributed by atoms with Crippen molar-refractivity contribution in [2.24, 2.45) is 0 Å². The quantitative estimate of drug-likeness (QED) is 0.775. The highest BCUT2D eigenvalue weighted by Crippen LogP contribution is 2.15. The van der Waals surface area contributed by atoms with Gasteiger partial charge in [0, 0.05) is 12.4 Å². The maximum Gasteiger partial charge on any atom is 0.339 e. The maximum absolute atomic E-state index is 13.1. The van der Waals surface area contributed by atoms with Crippen LogP contribution in [0.3, 0.4) is 0 Å². The fourth-order valence-corrected chi connectivity index (χ4v) is 1.74. The lowest BCUT2D eigenvalue weighted by Crippen LogP contribution is -2.06. The molecular formula is C18H24FNO2. The number of carbonyl (C=O) groups is 1. The molecule has 0 spiro atoms. The number of pyridine rings is 1. The molecule has 1 heterocycles. The largest absolute Gasteiger partial charge is 0.465 e. The molecule has 2 rings (SSSR count). The summed E-state index contributed by atoms with van der Waals surface area (Å²) in [5, 5.41) is 0. The molecular weight excluding hydrogens is 281 g/mol. The zero-order valence-electron chi connectivity index (χ0n) is 13.9. The van der Waals surface area contributed by atoms with Gasteiger partial charge >= 0.3 is 5.97 Å². The van der Waals surface area contributed by atoms with Crippen LogP contribution in [0.5, 0.6) is 0 Å². The molecule has 0 saturated carbocycles. The van der Waals surface area contributed by atoms with Gasteiger partial charge in [-0.05, 0) is 35.7 Å². The van der Waals surface area contributed by atoms with Gasteiger partial charge in [0.1, 0.15) is 5.82 Å². The number of nitrogens with zero attached hydrogens (tertiary/aromatic N) is 1. The SMILES string of the molecule is CC.CC.COC(=O)c1cnccc1Cc1cccc(F)c1. The Labute approximate surface area is 132 Å². The predicted octanol–water partition coefficient (Wildman–Crippen LogP) is 4.65. The molecule has 0 atom stereocenters. The van der Waals surface area contributed by atoms with Crippen LogP contribution in [0.25, 0.3) is 0 Å². The van der Waals surface area contributed by atoms with Gasteiger partial charge in [-0.3, -0.25) is 4.98 Å². The summed E-state index contributed by atoms with van der Waals surface area (Å²) in [6.07, 6.45) is 3.52. The molecule has 2 aromatic rings.